The van der Waals surface area contributed by atoms with E-state index in [-0.39, 0.29) is 18.6 Å². The quantitative estimate of drug-likeness (QED) is 0.722. The van der Waals surface area contributed by atoms with Crippen LogP contribution < -0.4 is 14.8 Å². The summed E-state index contributed by atoms with van der Waals surface area (Å²) in [6, 6.07) is 20.8. The number of hydrogen-bond acceptors (Lipinski definition) is 4. The van der Waals surface area contributed by atoms with Crippen LogP contribution in [0.2, 0.25) is 0 Å². The standard InChI is InChI=1S/C22H20N2O3/c1-15(18-9-5-7-17-6-3-4-8-19(17)18)24-22(25)14-27-20-11-10-16(13-23)12-21(20)26-2/h3-12,15H,14H2,1-2H3,(H,24,25)/t15-/m0/s1. The van der Waals surface area contributed by atoms with Crippen molar-refractivity contribution in [3.8, 4) is 17.6 Å². The van der Waals surface area contributed by atoms with Gasteiger partial charge in [-0.25, -0.2) is 0 Å². The van der Waals surface area contributed by atoms with Crippen molar-refractivity contribution in [2.75, 3.05) is 13.7 Å². The fraction of sp³-hybridized carbons (Fsp3) is 0.182. The van der Waals surface area contributed by atoms with E-state index in [4.69, 9.17) is 14.7 Å². The summed E-state index contributed by atoms with van der Waals surface area (Å²) in [5.74, 6) is 0.607. The summed E-state index contributed by atoms with van der Waals surface area (Å²) in [5.41, 5.74) is 1.52. The van der Waals surface area contributed by atoms with E-state index < -0.39 is 0 Å². The summed E-state index contributed by atoms with van der Waals surface area (Å²) in [4.78, 5) is 12.3. The Morgan fingerprint density at radius 1 is 1.11 bits per heavy atom. The van der Waals surface area contributed by atoms with Crippen LogP contribution >= 0.6 is 0 Å². The Kier molecular flexibility index (Phi) is 5.58. The molecule has 0 unspecified atom stereocenters. The molecule has 27 heavy (non-hydrogen) atoms. The van der Waals surface area contributed by atoms with Crippen LogP contribution in [0.3, 0.4) is 0 Å². The van der Waals surface area contributed by atoms with Crippen LogP contribution in [-0.4, -0.2) is 19.6 Å². The monoisotopic (exact) mass is 360 g/mol. The molecule has 5 nitrogen and oxygen atoms in total. The molecule has 0 aliphatic carbocycles. The van der Waals surface area contributed by atoms with E-state index in [1.54, 1.807) is 18.2 Å². The Bertz CT molecular complexity index is 1000. The lowest BCUT2D eigenvalue weighted by Gasteiger charge is -2.17. The molecule has 0 saturated heterocycles. The van der Waals surface area contributed by atoms with E-state index in [2.05, 4.69) is 5.32 Å². The predicted octanol–water partition coefficient (Wildman–Crippen LogP) is 3.98. The SMILES string of the molecule is COc1cc(C#N)ccc1OCC(=O)N[C@@H](C)c1cccc2ccccc12. The van der Waals surface area contributed by atoms with Gasteiger partial charge < -0.3 is 14.8 Å². The number of carbonyl (C=O) groups excluding carboxylic acids is 1. The van der Waals surface area contributed by atoms with E-state index in [0.29, 0.717) is 17.1 Å². The first-order chi connectivity index (χ1) is 13.1. The molecule has 0 spiro atoms. The van der Waals surface area contributed by atoms with Gasteiger partial charge in [0.15, 0.2) is 18.1 Å². The molecule has 5 heteroatoms. The highest BCUT2D eigenvalue weighted by Crippen LogP contribution is 2.28. The van der Waals surface area contributed by atoms with Crippen LogP contribution in [0.1, 0.15) is 24.1 Å². The molecule has 0 fully saturated rings. The number of carbonyl (C=O) groups is 1. The largest absolute Gasteiger partial charge is 0.493 e. The summed E-state index contributed by atoms with van der Waals surface area (Å²) >= 11 is 0. The number of nitrogens with one attached hydrogen (secondary N) is 1. The third kappa shape index (κ3) is 4.18. The molecule has 3 rings (SSSR count). The molecule has 136 valence electrons. The summed E-state index contributed by atoms with van der Waals surface area (Å²) in [5, 5.41) is 14.1. The van der Waals surface area contributed by atoms with Crippen LogP contribution in [0.4, 0.5) is 0 Å². The second-order valence-corrected chi connectivity index (χ2v) is 6.12. The number of hydrogen-bond donors (Lipinski definition) is 1. The first-order valence-electron chi connectivity index (χ1n) is 8.60. The number of methoxy groups -OCH3 is 1. The van der Waals surface area contributed by atoms with Crippen LogP contribution in [0, 0.1) is 11.3 Å². The van der Waals surface area contributed by atoms with Gasteiger partial charge in [0, 0.05) is 6.07 Å². The molecule has 0 bridgehead atoms. The lowest BCUT2D eigenvalue weighted by atomic mass is 10.00. The minimum absolute atomic E-state index is 0.142. The summed E-state index contributed by atoms with van der Waals surface area (Å²) in [6.45, 7) is 1.80. The molecule has 0 aliphatic rings. The maximum Gasteiger partial charge on any atom is 0.258 e. The van der Waals surface area contributed by atoms with E-state index in [9.17, 15) is 4.79 Å². The van der Waals surface area contributed by atoms with E-state index >= 15 is 0 Å². The van der Waals surface area contributed by atoms with Crippen molar-refractivity contribution in [1.29, 1.82) is 5.26 Å². The van der Waals surface area contributed by atoms with Gasteiger partial charge in [0.25, 0.3) is 5.91 Å². The van der Waals surface area contributed by atoms with Gasteiger partial charge in [0.05, 0.1) is 24.8 Å². The third-order valence-electron chi connectivity index (χ3n) is 4.32. The lowest BCUT2D eigenvalue weighted by Crippen LogP contribution is -2.31. The number of rotatable bonds is 6. The number of ether oxygens (including phenoxy) is 2. The van der Waals surface area contributed by atoms with Gasteiger partial charge in [-0.3, -0.25) is 4.79 Å². The molecule has 0 aromatic heterocycles. The molecule has 0 heterocycles. The highest BCUT2D eigenvalue weighted by molar-refractivity contribution is 5.87. The van der Waals surface area contributed by atoms with Crippen LogP contribution in [0.5, 0.6) is 11.5 Å². The molecule has 1 atom stereocenters. The maximum atomic E-state index is 12.3. The van der Waals surface area contributed by atoms with Gasteiger partial charge in [-0.1, -0.05) is 42.5 Å². The Morgan fingerprint density at radius 3 is 2.67 bits per heavy atom. The minimum Gasteiger partial charge on any atom is -0.493 e. The van der Waals surface area contributed by atoms with Crippen LogP contribution in [0.15, 0.2) is 60.7 Å². The van der Waals surface area contributed by atoms with Gasteiger partial charge >= 0.3 is 0 Å². The highest BCUT2D eigenvalue weighted by Gasteiger charge is 2.14. The minimum atomic E-state index is -0.234. The third-order valence-corrected chi connectivity index (χ3v) is 4.32. The predicted molar refractivity (Wildman–Crippen MR) is 104 cm³/mol. The zero-order valence-corrected chi connectivity index (χ0v) is 15.2. The maximum absolute atomic E-state index is 12.3. The zero-order chi connectivity index (χ0) is 19.2. The number of benzene rings is 3. The molecule has 3 aromatic carbocycles. The van der Waals surface area contributed by atoms with Crippen molar-refractivity contribution in [1.82, 2.24) is 5.32 Å². The molecule has 3 aromatic rings. The van der Waals surface area contributed by atoms with Crippen LogP contribution in [0.25, 0.3) is 10.8 Å². The average molecular weight is 360 g/mol. The van der Waals surface area contributed by atoms with Gasteiger partial charge in [-0.15, -0.1) is 0 Å². The first kappa shape index (κ1) is 18.3. The second kappa shape index (κ2) is 8.24. The van der Waals surface area contributed by atoms with Gasteiger partial charge in [0.1, 0.15) is 0 Å². The van der Waals surface area contributed by atoms with Crippen molar-refractivity contribution >= 4 is 16.7 Å². The fourth-order valence-electron chi connectivity index (χ4n) is 2.99. The summed E-state index contributed by atoms with van der Waals surface area (Å²) in [7, 11) is 1.49. The molecule has 0 aliphatic heterocycles. The first-order valence-corrected chi connectivity index (χ1v) is 8.60. The molecule has 1 N–H and O–H groups in total. The Balaban J connectivity index is 1.67. The summed E-state index contributed by atoms with van der Waals surface area (Å²) in [6.07, 6.45) is 0. The lowest BCUT2D eigenvalue weighted by molar-refractivity contribution is -0.123. The molecular formula is C22H20N2O3. The van der Waals surface area contributed by atoms with Crippen molar-refractivity contribution < 1.29 is 14.3 Å². The van der Waals surface area contributed by atoms with Crippen molar-refractivity contribution in [2.45, 2.75) is 13.0 Å². The zero-order valence-electron chi connectivity index (χ0n) is 15.2. The normalized spacial score (nSPS) is 11.4. The van der Waals surface area contributed by atoms with Crippen LogP contribution in [-0.2, 0) is 4.79 Å². The van der Waals surface area contributed by atoms with Gasteiger partial charge in [-0.2, -0.15) is 5.26 Å². The van der Waals surface area contributed by atoms with Gasteiger partial charge in [0.2, 0.25) is 0 Å². The topological polar surface area (TPSA) is 71.3 Å². The Morgan fingerprint density at radius 2 is 1.89 bits per heavy atom. The number of amides is 1. The number of fused-ring (bicyclic) bond motifs is 1. The Hall–Kier alpha value is -3.52. The van der Waals surface area contributed by atoms with E-state index in [1.807, 2.05) is 55.5 Å². The molecule has 0 saturated carbocycles. The van der Waals surface area contributed by atoms with E-state index in [1.165, 1.54) is 7.11 Å². The highest BCUT2D eigenvalue weighted by atomic mass is 16.5. The van der Waals surface area contributed by atoms with Crippen molar-refractivity contribution in [3.63, 3.8) is 0 Å². The number of nitriles is 1. The molecule has 0 radical (unpaired) electrons. The smallest absolute Gasteiger partial charge is 0.258 e. The second-order valence-electron chi connectivity index (χ2n) is 6.12. The van der Waals surface area contributed by atoms with E-state index in [0.717, 1.165) is 16.3 Å². The fourth-order valence-corrected chi connectivity index (χ4v) is 2.99. The molecule has 1 amide bonds. The van der Waals surface area contributed by atoms with Crippen molar-refractivity contribution in [2.24, 2.45) is 0 Å². The average Bonchev–Trinajstić information content (AvgIpc) is 2.71. The number of nitrogens with zero attached hydrogens (tertiary/aromatic N) is 1. The summed E-state index contributed by atoms with van der Waals surface area (Å²) < 4.78 is 10.8. The Labute approximate surface area is 158 Å². The van der Waals surface area contributed by atoms with Crippen molar-refractivity contribution in [3.05, 3.63) is 71.8 Å². The van der Waals surface area contributed by atoms with Gasteiger partial charge in [-0.05, 0) is 35.4 Å². The molecular weight excluding hydrogens is 340 g/mol.